The van der Waals surface area contributed by atoms with Gasteiger partial charge in [-0.2, -0.15) is 0 Å². The second-order valence-corrected chi connectivity index (χ2v) is 7.63. The standard InChI is InChI=1S/C24H28N2O3/c1-4-26-15-22(20-7-5-6-8-23(20)26)21(14-24(27)25-17-9-10-17)16-11-18(28-2)13-19(12-16)29-3/h5-8,11-13,15,17,21H,4,9-10,14H2,1-3H3,(H,25,27). The van der Waals surface area contributed by atoms with Gasteiger partial charge in [-0.1, -0.05) is 18.2 Å². The Morgan fingerprint density at radius 3 is 2.45 bits per heavy atom. The minimum atomic E-state index is -0.0875. The van der Waals surface area contributed by atoms with Gasteiger partial charge in [-0.15, -0.1) is 0 Å². The maximum atomic E-state index is 12.8. The van der Waals surface area contributed by atoms with Gasteiger partial charge >= 0.3 is 0 Å². The number of ether oxygens (including phenoxy) is 2. The van der Waals surface area contributed by atoms with E-state index in [2.05, 4.69) is 47.3 Å². The molecular formula is C24H28N2O3. The summed E-state index contributed by atoms with van der Waals surface area (Å²) in [7, 11) is 3.30. The number of amides is 1. The van der Waals surface area contributed by atoms with Crippen LogP contribution in [0.4, 0.5) is 0 Å². The summed E-state index contributed by atoms with van der Waals surface area (Å²) in [5.74, 6) is 1.46. The molecule has 1 aromatic heterocycles. The minimum absolute atomic E-state index is 0.0875. The van der Waals surface area contributed by atoms with Crippen LogP contribution in [0.25, 0.3) is 10.9 Å². The maximum absolute atomic E-state index is 12.8. The molecule has 0 spiro atoms. The average Bonchev–Trinajstić information content (AvgIpc) is 3.49. The van der Waals surface area contributed by atoms with Gasteiger partial charge in [0, 0.05) is 48.1 Å². The molecule has 1 saturated carbocycles. The van der Waals surface area contributed by atoms with Crippen LogP contribution in [-0.2, 0) is 11.3 Å². The average molecular weight is 392 g/mol. The van der Waals surface area contributed by atoms with Crippen LogP contribution in [0.2, 0.25) is 0 Å². The molecule has 1 aliphatic carbocycles. The van der Waals surface area contributed by atoms with Gasteiger partial charge in [0.25, 0.3) is 0 Å². The summed E-state index contributed by atoms with van der Waals surface area (Å²) in [4.78, 5) is 12.8. The number of benzene rings is 2. The highest BCUT2D eigenvalue weighted by atomic mass is 16.5. The lowest BCUT2D eigenvalue weighted by Gasteiger charge is -2.19. The van der Waals surface area contributed by atoms with Gasteiger partial charge in [0.05, 0.1) is 14.2 Å². The lowest BCUT2D eigenvalue weighted by Crippen LogP contribution is -2.27. The van der Waals surface area contributed by atoms with E-state index >= 15 is 0 Å². The first-order valence-electron chi connectivity index (χ1n) is 10.2. The predicted molar refractivity (Wildman–Crippen MR) is 115 cm³/mol. The molecule has 0 aliphatic heterocycles. The third kappa shape index (κ3) is 4.09. The van der Waals surface area contributed by atoms with E-state index in [-0.39, 0.29) is 11.8 Å². The Morgan fingerprint density at radius 1 is 1.14 bits per heavy atom. The number of aryl methyl sites for hydroxylation is 1. The Balaban J connectivity index is 1.82. The van der Waals surface area contributed by atoms with E-state index in [1.165, 1.54) is 10.9 Å². The molecule has 1 amide bonds. The van der Waals surface area contributed by atoms with Gasteiger partial charge in [0.2, 0.25) is 5.91 Å². The largest absolute Gasteiger partial charge is 0.497 e. The van der Waals surface area contributed by atoms with Crippen LogP contribution in [-0.4, -0.2) is 30.7 Å². The maximum Gasteiger partial charge on any atom is 0.221 e. The number of carbonyl (C=O) groups excluding carboxylic acids is 1. The zero-order chi connectivity index (χ0) is 20.4. The summed E-state index contributed by atoms with van der Waals surface area (Å²) in [5, 5.41) is 4.32. The minimum Gasteiger partial charge on any atom is -0.497 e. The Hall–Kier alpha value is -2.95. The number of hydrogen-bond donors (Lipinski definition) is 1. The van der Waals surface area contributed by atoms with E-state index in [9.17, 15) is 4.79 Å². The van der Waals surface area contributed by atoms with Crippen molar-refractivity contribution in [2.75, 3.05) is 14.2 Å². The highest BCUT2D eigenvalue weighted by molar-refractivity contribution is 5.87. The molecule has 2 aromatic carbocycles. The molecule has 0 bridgehead atoms. The number of aromatic nitrogens is 1. The number of methoxy groups -OCH3 is 2. The van der Waals surface area contributed by atoms with Crippen LogP contribution in [0.15, 0.2) is 48.7 Å². The number of fused-ring (bicyclic) bond motifs is 1. The van der Waals surface area contributed by atoms with Crippen LogP contribution in [0, 0.1) is 0 Å². The molecule has 152 valence electrons. The molecule has 3 aromatic rings. The fraction of sp³-hybridized carbons (Fsp3) is 0.375. The molecule has 1 heterocycles. The van der Waals surface area contributed by atoms with E-state index in [4.69, 9.17) is 9.47 Å². The Kier molecular flexibility index (Phi) is 5.47. The molecule has 5 nitrogen and oxygen atoms in total. The Morgan fingerprint density at radius 2 is 1.83 bits per heavy atom. The monoisotopic (exact) mass is 392 g/mol. The van der Waals surface area contributed by atoms with E-state index in [1.54, 1.807) is 14.2 Å². The van der Waals surface area contributed by atoms with E-state index in [1.807, 2.05) is 18.2 Å². The molecule has 29 heavy (non-hydrogen) atoms. The smallest absolute Gasteiger partial charge is 0.221 e. The van der Waals surface area contributed by atoms with Gasteiger partial charge < -0.3 is 19.4 Å². The third-order valence-corrected chi connectivity index (χ3v) is 5.64. The zero-order valence-electron chi connectivity index (χ0n) is 17.3. The second-order valence-electron chi connectivity index (χ2n) is 7.63. The molecular weight excluding hydrogens is 364 g/mol. The van der Waals surface area contributed by atoms with Crippen molar-refractivity contribution in [2.45, 2.75) is 44.7 Å². The normalized spacial score (nSPS) is 14.6. The number of carbonyl (C=O) groups is 1. The Labute approximate surface area is 171 Å². The summed E-state index contributed by atoms with van der Waals surface area (Å²) >= 11 is 0. The molecule has 4 rings (SSSR count). The molecule has 1 fully saturated rings. The van der Waals surface area contributed by atoms with Crippen molar-refractivity contribution < 1.29 is 14.3 Å². The van der Waals surface area contributed by atoms with E-state index in [0.717, 1.165) is 42.0 Å². The summed E-state index contributed by atoms with van der Waals surface area (Å²) in [5.41, 5.74) is 3.36. The van der Waals surface area contributed by atoms with Gasteiger partial charge in [-0.05, 0) is 49.1 Å². The zero-order valence-corrected chi connectivity index (χ0v) is 17.3. The molecule has 0 saturated heterocycles. The van der Waals surface area contributed by atoms with Crippen molar-refractivity contribution in [3.8, 4) is 11.5 Å². The summed E-state index contributed by atoms with van der Waals surface area (Å²) in [6, 6.07) is 14.6. The van der Waals surface area contributed by atoms with Crippen molar-refractivity contribution in [3.05, 3.63) is 59.8 Å². The lowest BCUT2D eigenvalue weighted by atomic mass is 9.87. The van der Waals surface area contributed by atoms with E-state index < -0.39 is 0 Å². The van der Waals surface area contributed by atoms with Crippen molar-refractivity contribution in [1.29, 1.82) is 0 Å². The van der Waals surface area contributed by atoms with E-state index in [0.29, 0.717) is 12.5 Å². The number of nitrogens with one attached hydrogen (secondary N) is 1. The Bertz CT molecular complexity index is 998. The molecule has 1 unspecified atom stereocenters. The number of nitrogens with zero attached hydrogens (tertiary/aromatic N) is 1. The number of rotatable bonds is 8. The van der Waals surface area contributed by atoms with Crippen molar-refractivity contribution in [3.63, 3.8) is 0 Å². The van der Waals surface area contributed by atoms with Crippen LogP contribution >= 0.6 is 0 Å². The summed E-state index contributed by atoms with van der Waals surface area (Å²) < 4.78 is 13.2. The summed E-state index contributed by atoms with van der Waals surface area (Å²) in [6.45, 7) is 3.02. The SMILES string of the molecule is CCn1cc(C(CC(=O)NC2CC2)c2cc(OC)cc(OC)c2)c2ccccc21. The fourth-order valence-corrected chi connectivity index (χ4v) is 3.95. The van der Waals surface area contributed by atoms with Crippen molar-refractivity contribution >= 4 is 16.8 Å². The van der Waals surface area contributed by atoms with Crippen LogP contribution in [0.5, 0.6) is 11.5 Å². The van der Waals surface area contributed by atoms with Crippen LogP contribution in [0.3, 0.4) is 0 Å². The molecule has 5 heteroatoms. The highest BCUT2D eigenvalue weighted by Gasteiger charge is 2.27. The quantitative estimate of drug-likeness (QED) is 0.615. The predicted octanol–water partition coefficient (Wildman–Crippen LogP) is 4.48. The first-order chi connectivity index (χ1) is 14.1. The molecule has 0 radical (unpaired) electrons. The molecule has 1 atom stereocenters. The highest BCUT2D eigenvalue weighted by Crippen LogP contribution is 2.38. The number of para-hydroxylation sites is 1. The molecule has 1 N–H and O–H groups in total. The fourth-order valence-electron chi connectivity index (χ4n) is 3.95. The topological polar surface area (TPSA) is 52.5 Å². The van der Waals surface area contributed by atoms with Gasteiger partial charge in [0.1, 0.15) is 11.5 Å². The van der Waals surface area contributed by atoms with Crippen LogP contribution < -0.4 is 14.8 Å². The van der Waals surface area contributed by atoms with Crippen molar-refractivity contribution in [2.24, 2.45) is 0 Å². The number of hydrogen-bond acceptors (Lipinski definition) is 3. The summed E-state index contributed by atoms with van der Waals surface area (Å²) in [6.07, 6.45) is 4.74. The third-order valence-electron chi connectivity index (χ3n) is 5.64. The van der Waals surface area contributed by atoms with Gasteiger partial charge in [-0.25, -0.2) is 0 Å². The van der Waals surface area contributed by atoms with Gasteiger partial charge in [0.15, 0.2) is 0 Å². The second kappa shape index (κ2) is 8.19. The molecule has 1 aliphatic rings. The van der Waals surface area contributed by atoms with Gasteiger partial charge in [-0.3, -0.25) is 4.79 Å². The lowest BCUT2D eigenvalue weighted by molar-refractivity contribution is -0.121. The van der Waals surface area contributed by atoms with Crippen molar-refractivity contribution in [1.82, 2.24) is 9.88 Å². The first-order valence-corrected chi connectivity index (χ1v) is 10.2. The van der Waals surface area contributed by atoms with Crippen LogP contribution in [0.1, 0.15) is 43.2 Å². The first kappa shape index (κ1) is 19.4.